The molecule has 0 radical (unpaired) electrons. The lowest BCUT2D eigenvalue weighted by atomic mass is 10.1. The van der Waals surface area contributed by atoms with Crippen LogP contribution in [0, 0.1) is 11.3 Å². The number of esters is 1. The second-order valence-electron chi connectivity index (χ2n) is 6.31. The van der Waals surface area contributed by atoms with E-state index < -0.39 is 31.3 Å². The molecule has 1 amide bonds. The Bertz CT molecular complexity index is 943. The van der Waals surface area contributed by atoms with Crippen LogP contribution in [0.25, 0.3) is 0 Å². The van der Waals surface area contributed by atoms with Gasteiger partial charge < -0.3 is 14.4 Å². The van der Waals surface area contributed by atoms with Crippen LogP contribution in [0.2, 0.25) is 5.02 Å². The first-order valence-corrected chi connectivity index (χ1v) is 9.41. The Morgan fingerprint density at radius 1 is 1.13 bits per heavy atom. The zero-order valence-corrected chi connectivity index (χ0v) is 16.9. The van der Waals surface area contributed by atoms with E-state index in [1.165, 1.54) is 29.2 Å². The Labute approximate surface area is 181 Å². The van der Waals surface area contributed by atoms with E-state index in [4.69, 9.17) is 21.6 Å². The standard InChI is InChI=1S/C21H18ClF3N2O4/c22-17-3-1-4-18(11-17)27(10-2-9-26)19(28)13-31-20(29)16-7-5-15(6-8-16)12-30-14-21(23,24)25/h1,3-8,11H,2,10,12-14H2. The van der Waals surface area contributed by atoms with Crippen LogP contribution >= 0.6 is 11.6 Å². The van der Waals surface area contributed by atoms with Crippen molar-refractivity contribution in [1.29, 1.82) is 5.26 Å². The summed E-state index contributed by atoms with van der Waals surface area (Å²) in [7, 11) is 0. The van der Waals surface area contributed by atoms with E-state index in [-0.39, 0.29) is 25.1 Å². The van der Waals surface area contributed by atoms with Crippen LogP contribution in [-0.2, 0) is 20.9 Å². The number of halogens is 4. The molecule has 0 N–H and O–H groups in total. The number of anilines is 1. The summed E-state index contributed by atoms with van der Waals surface area (Å²) in [6.45, 7) is -2.10. The molecule has 6 nitrogen and oxygen atoms in total. The third kappa shape index (κ3) is 8.28. The van der Waals surface area contributed by atoms with Crippen LogP contribution < -0.4 is 4.90 Å². The number of rotatable bonds is 9. The maximum absolute atomic E-state index is 12.5. The van der Waals surface area contributed by atoms with Crippen molar-refractivity contribution in [1.82, 2.24) is 0 Å². The average molecular weight is 455 g/mol. The molecule has 0 aliphatic carbocycles. The fourth-order valence-corrected chi connectivity index (χ4v) is 2.70. The maximum atomic E-state index is 12.5. The summed E-state index contributed by atoms with van der Waals surface area (Å²) in [6, 6.07) is 14.0. The molecule has 0 aliphatic rings. The maximum Gasteiger partial charge on any atom is 0.411 e. The van der Waals surface area contributed by atoms with Gasteiger partial charge in [-0.1, -0.05) is 29.8 Å². The molecule has 2 rings (SSSR count). The van der Waals surface area contributed by atoms with Crippen LogP contribution in [0.1, 0.15) is 22.3 Å². The van der Waals surface area contributed by atoms with Gasteiger partial charge in [-0.15, -0.1) is 0 Å². The van der Waals surface area contributed by atoms with Gasteiger partial charge >= 0.3 is 12.1 Å². The highest BCUT2D eigenvalue weighted by Crippen LogP contribution is 2.20. The van der Waals surface area contributed by atoms with Gasteiger partial charge in [0.2, 0.25) is 0 Å². The monoisotopic (exact) mass is 454 g/mol. The minimum atomic E-state index is -4.41. The summed E-state index contributed by atoms with van der Waals surface area (Å²) < 4.78 is 45.9. The van der Waals surface area contributed by atoms with Gasteiger partial charge in [-0.05, 0) is 35.9 Å². The molecule has 10 heteroatoms. The number of benzene rings is 2. The van der Waals surface area contributed by atoms with Gasteiger partial charge in [0, 0.05) is 17.3 Å². The summed E-state index contributed by atoms with van der Waals surface area (Å²) in [5, 5.41) is 9.22. The van der Waals surface area contributed by atoms with Crippen molar-refractivity contribution < 1.29 is 32.2 Å². The van der Waals surface area contributed by atoms with E-state index in [2.05, 4.69) is 4.74 Å². The minimum Gasteiger partial charge on any atom is -0.452 e. The molecular formula is C21H18ClF3N2O4. The molecule has 0 spiro atoms. The Morgan fingerprint density at radius 3 is 2.45 bits per heavy atom. The lowest BCUT2D eigenvalue weighted by Gasteiger charge is -2.21. The van der Waals surface area contributed by atoms with E-state index in [0.717, 1.165) is 0 Å². The number of ether oxygens (including phenoxy) is 2. The van der Waals surface area contributed by atoms with E-state index in [1.54, 1.807) is 24.3 Å². The molecule has 2 aromatic rings. The largest absolute Gasteiger partial charge is 0.452 e. The number of amides is 1. The van der Waals surface area contributed by atoms with Crippen molar-refractivity contribution in [2.24, 2.45) is 0 Å². The Kier molecular flexibility index (Phi) is 8.85. The molecule has 0 saturated heterocycles. The SMILES string of the molecule is N#CCCN(C(=O)COC(=O)c1ccc(COCC(F)(F)F)cc1)c1cccc(Cl)c1. The molecule has 0 aliphatic heterocycles. The van der Waals surface area contributed by atoms with E-state index >= 15 is 0 Å². The van der Waals surface area contributed by atoms with E-state index in [0.29, 0.717) is 16.3 Å². The molecule has 0 heterocycles. The highest BCUT2D eigenvalue weighted by Gasteiger charge is 2.27. The zero-order valence-electron chi connectivity index (χ0n) is 16.2. The minimum absolute atomic E-state index is 0.0735. The van der Waals surface area contributed by atoms with Crippen molar-refractivity contribution in [3.8, 4) is 6.07 Å². The fraction of sp³-hybridized carbons (Fsp3) is 0.286. The lowest BCUT2D eigenvalue weighted by Crippen LogP contribution is -2.35. The molecule has 0 aromatic heterocycles. The van der Waals surface area contributed by atoms with Gasteiger partial charge in [0.1, 0.15) is 6.61 Å². The van der Waals surface area contributed by atoms with Crippen LogP contribution in [0.15, 0.2) is 48.5 Å². The number of nitrogens with zero attached hydrogens (tertiary/aromatic N) is 2. The predicted octanol–water partition coefficient (Wildman–Crippen LogP) is 4.52. The molecule has 0 bridgehead atoms. The number of hydrogen-bond donors (Lipinski definition) is 0. The van der Waals surface area contributed by atoms with Crippen molar-refractivity contribution >= 4 is 29.2 Å². The summed E-state index contributed by atoms with van der Waals surface area (Å²) >= 11 is 5.95. The van der Waals surface area contributed by atoms with Crippen molar-refractivity contribution in [3.63, 3.8) is 0 Å². The van der Waals surface area contributed by atoms with Crippen molar-refractivity contribution in [3.05, 3.63) is 64.7 Å². The van der Waals surface area contributed by atoms with Crippen LogP contribution in [0.5, 0.6) is 0 Å². The number of carbonyl (C=O) groups excluding carboxylic acids is 2. The van der Waals surface area contributed by atoms with Crippen LogP contribution in [-0.4, -0.2) is 37.8 Å². The van der Waals surface area contributed by atoms with Gasteiger partial charge in [0.15, 0.2) is 6.61 Å². The number of hydrogen-bond acceptors (Lipinski definition) is 5. The molecular weight excluding hydrogens is 437 g/mol. The molecule has 31 heavy (non-hydrogen) atoms. The third-order valence-electron chi connectivity index (χ3n) is 3.92. The quantitative estimate of drug-likeness (QED) is 0.520. The number of carbonyl (C=O) groups is 2. The number of alkyl halides is 3. The highest BCUT2D eigenvalue weighted by molar-refractivity contribution is 6.30. The normalized spacial score (nSPS) is 10.9. The molecule has 0 saturated carbocycles. The van der Waals surface area contributed by atoms with Gasteiger partial charge in [-0.2, -0.15) is 18.4 Å². The zero-order chi connectivity index (χ0) is 22.9. The lowest BCUT2D eigenvalue weighted by molar-refractivity contribution is -0.176. The highest BCUT2D eigenvalue weighted by atomic mass is 35.5. The third-order valence-corrected chi connectivity index (χ3v) is 4.15. The van der Waals surface area contributed by atoms with Crippen molar-refractivity contribution in [2.75, 3.05) is 24.7 Å². The second kappa shape index (κ2) is 11.3. The molecule has 0 fully saturated rings. The Balaban J connectivity index is 1.93. The Morgan fingerprint density at radius 2 is 1.84 bits per heavy atom. The summed E-state index contributed by atoms with van der Waals surface area (Å²) in [5.41, 5.74) is 1.03. The molecule has 2 aromatic carbocycles. The van der Waals surface area contributed by atoms with Crippen molar-refractivity contribution in [2.45, 2.75) is 19.2 Å². The topological polar surface area (TPSA) is 79.6 Å². The van der Waals surface area contributed by atoms with Crippen LogP contribution in [0.3, 0.4) is 0 Å². The first-order valence-electron chi connectivity index (χ1n) is 9.03. The van der Waals surface area contributed by atoms with Crippen LogP contribution in [0.4, 0.5) is 18.9 Å². The van der Waals surface area contributed by atoms with Gasteiger partial charge in [0.25, 0.3) is 5.91 Å². The smallest absolute Gasteiger partial charge is 0.411 e. The summed E-state index contributed by atoms with van der Waals surface area (Å²) in [5.74, 6) is -1.31. The molecule has 164 valence electrons. The fourth-order valence-electron chi connectivity index (χ4n) is 2.51. The average Bonchev–Trinajstić information content (AvgIpc) is 2.72. The first-order chi connectivity index (χ1) is 14.7. The molecule has 0 unspecified atom stereocenters. The molecule has 0 atom stereocenters. The first kappa shape index (κ1) is 24.2. The Hall–Kier alpha value is -3.09. The second-order valence-corrected chi connectivity index (χ2v) is 6.75. The number of nitriles is 1. The van der Waals surface area contributed by atoms with Gasteiger partial charge in [-0.3, -0.25) is 4.79 Å². The van der Waals surface area contributed by atoms with E-state index in [1.807, 2.05) is 6.07 Å². The summed E-state index contributed by atoms with van der Waals surface area (Å²) in [6.07, 6.45) is -4.34. The van der Waals surface area contributed by atoms with E-state index in [9.17, 15) is 22.8 Å². The summed E-state index contributed by atoms with van der Waals surface area (Å²) in [4.78, 5) is 26.0. The predicted molar refractivity (Wildman–Crippen MR) is 106 cm³/mol. The van der Waals surface area contributed by atoms with Gasteiger partial charge in [0.05, 0.1) is 24.7 Å². The van der Waals surface area contributed by atoms with Gasteiger partial charge in [-0.25, -0.2) is 4.79 Å².